The summed E-state index contributed by atoms with van der Waals surface area (Å²) >= 11 is 0. The molecular formula is C10H19N3O. The van der Waals surface area contributed by atoms with Gasteiger partial charge < -0.3 is 16.3 Å². The van der Waals surface area contributed by atoms with Crippen LogP contribution in [0.15, 0.2) is 5.16 Å². The van der Waals surface area contributed by atoms with Crippen LogP contribution in [-0.4, -0.2) is 23.6 Å². The van der Waals surface area contributed by atoms with Crippen LogP contribution in [0.2, 0.25) is 0 Å². The van der Waals surface area contributed by atoms with Crippen LogP contribution < -0.4 is 11.1 Å². The van der Waals surface area contributed by atoms with Crippen LogP contribution in [-0.2, 0) is 0 Å². The summed E-state index contributed by atoms with van der Waals surface area (Å²) in [5, 5.41) is 14.5. The molecular weight excluding hydrogens is 178 g/mol. The number of terminal acetylenes is 1. The molecule has 0 aromatic heterocycles. The maximum absolute atomic E-state index is 8.43. The third-order valence-corrected chi connectivity index (χ3v) is 2.07. The van der Waals surface area contributed by atoms with E-state index in [0.29, 0.717) is 6.54 Å². The average molecular weight is 197 g/mol. The minimum Gasteiger partial charge on any atom is -0.409 e. The minimum atomic E-state index is -0.00675. The van der Waals surface area contributed by atoms with Crippen molar-refractivity contribution in [2.45, 2.75) is 32.7 Å². The Kier molecular flexibility index (Phi) is 6.59. The Morgan fingerprint density at radius 1 is 1.71 bits per heavy atom. The van der Waals surface area contributed by atoms with Crippen molar-refractivity contribution in [1.29, 1.82) is 0 Å². The van der Waals surface area contributed by atoms with Gasteiger partial charge in [0.05, 0.1) is 6.04 Å². The normalized spacial score (nSPS) is 15.9. The van der Waals surface area contributed by atoms with Gasteiger partial charge in [-0.15, -0.1) is 6.42 Å². The van der Waals surface area contributed by atoms with Crippen molar-refractivity contribution in [3.05, 3.63) is 0 Å². The molecule has 0 aromatic carbocycles. The van der Waals surface area contributed by atoms with Gasteiger partial charge in [0, 0.05) is 12.5 Å². The van der Waals surface area contributed by atoms with E-state index in [1.165, 1.54) is 0 Å². The molecule has 80 valence electrons. The lowest BCUT2D eigenvalue weighted by molar-refractivity contribution is 0.314. The first-order valence-corrected chi connectivity index (χ1v) is 4.82. The summed E-state index contributed by atoms with van der Waals surface area (Å²) in [5.74, 6) is 2.88. The quantitative estimate of drug-likeness (QED) is 0.193. The van der Waals surface area contributed by atoms with Gasteiger partial charge in [0.1, 0.15) is 5.84 Å². The minimum absolute atomic E-state index is 0.00675. The topological polar surface area (TPSA) is 70.6 Å². The third kappa shape index (κ3) is 4.73. The second kappa shape index (κ2) is 7.22. The lowest BCUT2D eigenvalue weighted by Crippen LogP contribution is -2.36. The number of nitrogens with zero attached hydrogens (tertiary/aromatic N) is 1. The number of hydrogen-bond donors (Lipinski definition) is 3. The zero-order chi connectivity index (χ0) is 11.0. The SMILES string of the molecule is C#CC(CCC)NCC(C)C(N)=NO. The Labute approximate surface area is 85.6 Å². The highest BCUT2D eigenvalue weighted by atomic mass is 16.4. The van der Waals surface area contributed by atoms with E-state index in [2.05, 4.69) is 23.3 Å². The summed E-state index contributed by atoms with van der Waals surface area (Å²) in [7, 11) is 0. The largest absolute Gasteiger partial charge is 0.409 e. The maximum Gasteiger partial charge on any atom is 0.143 e. The number of nitrogens with two attached hydrogens (primary N) is 1. The lowest BCUT2D eigenvalue weighted by Gasteiger charge is -2.15. The molecule has 4 N–H and O–H groups in total. The molecule has 0 saturated carbocycles. The molecule has 0 aromatic rings. The number of oxime groups is 1. The van der Waals surface area contributed by atoms with E-state index in [0.717, 1.165) is 12.8 Å². The monoisotopic (exact) mass is 197 g/mol. The van der Waals surface area contributed by atoms with Gasteiger partial charge in [0.15, 0.2) is 0 Å². The van der Waals surface area contributed by atoms with Gasteiger partial charge >= 0.3 is 0 Å². The number of amidine groups is 1. The Balaban J connectivity index is 3.86. The smallest absolute Gasteiger partial charge is 0.143 e. The van der Waals surface area contributed by atoms with E-state index < -0.39 is 0 Å². The fourth-order valence-corrected chi connectivity index (χ4v) is 1.06. The van der Waals surface area contributed by atoms with Crippen LogP contribution >= 0.6 is 0 Å². The van der Waals surface area contributed by atoms with Crippen molar-refractivity contribution in [3.63, 3.8) is 0 Å². The first-order chi connectivity index (χ1) is 6.65. The third-order valence-electron chi connectivity index (χ3n) is 2.07. The van der Waals surface area contributed by atoms with E-state index in [4.69, 9.17) is 17.4 Å². The molecule has 0 fully saturated rings. The zero-order valence-corrected chi connectivity index (χ0v) is 8.83. The highest BCUT2D eigenvalue weighted by Crippen LogP contribution is 1.98. The second-order valence-corrected chi connectivity index (χ2v) is 3.34. The van der Waals surface area contributed by atoms with Crippen molar-refractivity contribution in [1.82, 2.24) is 5.32 Å². The molecule has 0 amide bonds. The lowest BCUT2D eigenvalue weighted by atomic mass is 10.1. The van der Waals surface area contributed by atoms with E-state index >= 15 is 0 Å². The molecule has 0 aliphatic rings. The molecule has 0 aliphatic heterocycles. The van der Waals surface area contributed by atoms with Crippen molar-refractivity contribution >= 4 is 5.84 Å². The highest BCUT2D eigenvalue weighted by molar-refractivity contribution is 5.82. The van der Waals surface area contributed by atoms with Gasteiger partial charge in [-0.3, -0.25) is 0 Å². The predicted molar refractivity (Wildman–Crippen MR) is 58.1 cm³/mol. The molecule has 0 bridgehead atoms. The molecule has 0 radical (unpaired) electrons. The van der Waals surface area contributed by atoms with Crippen LogP contribution in [0.1, 0.15) is 26.7 Å². The van der Waals surface area contributed by atoms with E-state index in [1.807, 2.05) is 6.92 Å². The van der Waals surface area contributed by atoms with Crippen LogP contribution in [0.3, 0.4) is 0 Å². The summed E-state index contributed by atoms with van der Waals surface area (Å²) in [4.78, 5) is 0. The van der Waals surface area contributed by atoms with E-state index in [-0.39, 0.29) is 17.8 Å². The molecule has 4 nitrogen and oxygen atoms in total. The fraction of sp³-hybridized carbons (Fsp3) is 0.700. The molecule has 0 aliphatic carbocycles. The molecule has 0 rings (SSSR count). The Morgan fingerprint density at radius 3 is 2.79 bits per heavy atom. The summed E-state index contributed by atoms with van der Waals surface area (Å²) < 4.78 is 0. The number of nitrogens with one attached hydrogen (secondary N) is 1. The van der Waals surface area contributed by atoms with Crippen LogP contribution in [0.25, 0.3) is 0 Å². The first kappa shape index (κ1) is 12.8. The van der Waals surface area contributed by atoms with Crippen LogP contribution in [0.5, 0.6) is 0 Å². The standard InChI is InChI=1S/C10H19N3O/c1-4-6-9(5-2)12-7-8(3)10(11)13-14/h2,8-9,12,14H,4,6-7H2,1,3H3,(H2,11,13). The highest BCUT2D eigenvalue weighted by Gasteiger charge is 2.09. The maximum atomic E-state index is 8.43. The fourth-order valence-electron chi connectivity index (χ4n) is 1.06. The summed E-state index contributed by atoms with van der Waals surface area (Å²) in [6.07, 6.45) is 7.32. The van der Waals surface area contributed by atoms with Crippen molar-refractivity contribution < 1.29 is 5.21 Å². The number of hydrogen-bond acceptors (Lipinski definition) is 3. The molecule has 0 saturated heterocycles. The van der Waals surface area contributed by atoms with Gasteiger partial charge in [-0.25, -0.2) is 0 Å². The molecule has 0 heterocycles. The first-order valence-electron chi connectivity index (χ1n) is 4.82. The van der Waals surface area contributed by atoms with Gasteiger partial charge in [0.25, 0.3) is 0 Å². The number of rotatable bonds is 6. The van der Waals surface area contributed by atoms with Crippen molar-refractivity contribution in [3.8, 4) is 12.3 Å². The van der Waals surface area contributed by atoms with Gasteiger partial charge in [-0.05, 0) is 6.42 Å². The van der Waals surface area contributed by atoms with Crippen molar-refractivity contribution in [2.75, 3.05) is 6.54 Å². The molecule has 4 heteroatoms. The predicted octanol–water partition coefficient (Wildman–Crippen LogP) is 0.760. The van der Waals surface area contributed by atoms with Crippen LogP contribution in [0.4, 0.5) is 0 Å². The van der Waals surface area contributed by atoms with Crippen molar-refractivity contribution in [2.24, 2.45) is 16.8 Å². The molecule has 0 spiro atoms. The van der Waals surface area contributed by atoms with Gasteiger partial charge in [-0.1, -0.05) is 31.3 Å². The zero-order valence-electron chi connectivity index (χ0n) is 8.83. The second-order valence-electron chi connectivity index (χ2n) is 3.34. The van der Waals surface area contributed by atoms with E-state index in [9.17, 15) is 0 Å². The Bertz CT molecular complexity index is 220. The average Bonchev–Trinajstić information content (AvgIpc) is 2.22. The summed E-state index contributed by atoms with van der Waals surface area (Å²) in [6.45, 7) is 4.59. The molecule has 14 heavy (non-hydrogen) atoms. The van der Waals surface area contributed by atoms with Gasteiger partial charge in [0.2, 0.25) is 0 Å². The summed E-state index contributed by atoms with van der Waals surface area (Å²) in [6, 6.07) is 0.0777. The Hall–Kier alpha value is -1.21. The Morgan fingerprint density at radius 2 is 2.36 bits per heavy atom. The molecule has 2 unspecified atom stereocenters. The van der Waals surface area contributed by atoms with Gasteiger partial charge in [-0.2, -0.15) is 0 Å². The summed E-state index contributed by atoms with van der Waals surface area (Å²) in [5.41, 5.74) is 5.43. The van der Waals surface area contributed by atoms with E-state index in [1.54, 1.807) is 0 Å². The van der Waals surface area contributed by atoms with Crippen LogP contribution in [0, 0.1) is 18.3 Å². The molecule has 2 atom stereocenters.